The van der Waals surface area contributed by atoms with E-state index in [1.165, 1.54) is 16.0 Å². The highest BCUT2D eigenvalue weighted by Crippen LogP contribution is 2.20. The van der Waals surface area contributed by atoms with Gasteiger partial charge in [-0.1, -0.05) is 13.0 Å². The second-order valence-electron chi connectivity index (χ2n) is 4.18. The number of nitrogens with one attached hydrogen (secondary N) is 1. The quantitative estimate of drug-likeness (QED) is 0.817. The van der Waals surface area contributed by atoms with E-state index in [0.29, 0.717) is 0 Å². The van der Waals surface area contributed by atoms with Crippen LogP contribution in [0.3, 0.4) is 0 Å². The molecule has 0 aliphatic carbocycles. The molecule has 0 unspecified atom stereocenters. The molecule has 2 aromatic rings. The summed E-state index contributed by atoms with van der Waals surface area (Å²) in [5.74, 6) is 0. The number of anilines is 1. The first-order valence-electron chi connectivity index (χ1n) is 6.00. The number of thiophene rings is 1. The Morgan fingerprint density at radius 1 is 1.28 bits per heavy atom. The maximum absolute atomic E-state index is 5.86. The van der Waals surface area contributed by atoms with Gasteiger partial charge in [-0.15, -0.1) is 11.3 Å². The van der Waals surface area contributed by atoms with Crippen LogP contribution in [-0.4, -0.2) is 0 Å². The summed E-state index contributed by atoms with van der Waals surface area (Å²) in [5, 5.41) is 5.63. The Bertz CT molecular complexity index is 522. The van der Waals surface area contributed by atoms with Crippen molar-refractivity contribution in [2.24, 2.45) is 0 Å². The fourth-order valence-corrected chi connectivity index (χ4v) is 3.05. The Hall–Kier alpha value is -0.840. The van der Waals surface area contributed by atoms with Gasteiger partial charge in [0.1, 0.15) is 0 Å². The Morgan fingerprint density at radius 3 is 2.83 bits per heavy atom. The highest BCUT2D eigenvalue weighted by atomic mass is 79.9. The van der Waals surface area contributed by atoms with Gasteiger partial charge in [0, 0.05) is 28.1 Å². The van der Waals surface area contributed by atoms with Crippen LogP contribution in [0.5, 0.6) is 0 Å². The van der Waals surface area contributed by atoms with Crippen LogP contribution in [-0.2, 0) is 19.5 Å². The first kappa shape index (κ1) is 13.6. The number of hydrogen-bond donors (Lipinski definition) is 2. The Balaban J connectivity index is 1.90. The van der Waals surface area contributed by atoms with E-state index in [1.807, 2.05) is 23.5 Å². The number of hydrogen-bond acceptors (Lipinski definition) is 3. The average molecular weight is 325 g/mol. The predicted octanol–water partition coefficient (Wildman–Crippen LogP) is 3.95. The molecule has 0 spiro atoms. The average Bonchev–Trinajstić information content (AvgIpc) is 2.81. The van der Waals surface area contributed by atoms with Crippen LogP contribution in [0.1, 0.15) is 22.9 Å². The first-order valence-corrected chi connectivity index (χ1v) is 7.68. The van der Waals surface area contributed by atoms with Gasteiger partial charge in [0.2, 0.25) is 0 Å². The van der Waals surface area contributed by atoms with Gasteiger partial charge in [-0.05, 0) is 57.1 Å². The number of aryl methyl sites for hydroxylation is 1. The topological polar surface area (TPSA) is 38.0 Å². The molecule has 3 N–H and O–H groups in total. The van der Waals surface area contributed by atoms with Crippen LogP contribution in [0.25, 0.3) is 0 Å². The largest absolute Gasteiger partial charge is 0.398 e. The van der Waals surface area contributed by atoms with Crippen molar-refractivity contribution in [2.45, 2.75) is 26.4 Å². The molecule has 0 aliphatic rings. The minimum Gasteiger partial charge on any atom is -0.398 e. The number of nitrogens with two attached hydrogens (primary N) is 1. The second kappa shape index (κ2) is 6.36. The first-order chi connectivity index (χ1) is 8.70. The molecule has 2 nitrogen and oxygen atoms in total. The summed E-state index contributed by atoms with van der Waals surface area (Å²) >= 11 is 5.22. The third kappa shape index (κ3) is 3.34. The summed E-state index contributed by atoms with van der Waals surface area (Å²) in [5.41, 5.74) is 9.31. The molecule has 4 heteroatoms. The van der Waals surface area contributed by atoms with Crippen LogP contribution >= 0.6 is 27.3 Å². The Morgan fingerprint density at radius 2 is 2.11 bits per heavy atom. The lowest BCUT2D eigenvalue weighted by atomic mass is 10.2. The molecule has 0 bridgehead atoms. The van der Waals surface area contributed by atoms with Crippen molar-refractivity contribution < 1.29 is 0 Å². The number of benzene rings is 1. The van der Waals surface area contributed by atoms with Gasteiger partial charge in [-0.2, -0.15) is 0 Å². The van der Waals surface area contributed by atoms with Crippen molar-refractivity contribution in [3.05, 3.63) is 50.1 Å². The van der Waals surface area contributed by atoms with E-state index < -0.39 is 0 Å². The fraction of sp³-hybridized carbons (Fsp3) is 0.286. The van der Waals surface area contributed by atoms with Crippen molar-refractivity contribution in [1.29, 1.82) is 0 Å². The van der Waals surface area contributed by atoms with Gasteiger partial charge in [-0.25, -0.2) is 0 Å². The summed E-state index contributed by atoms with van der Waals surface area (Å²) < 4.78 is 0.956. The van der Waals surface area contributed by atoms with Crippen LogP contribution in [0, 0.1) is 0 Å². The summed E-state index contributed by atoms with van der Waals surface area (Å²) in [6.45, 7) is 3.97. The summed E-state index contributed by atoms with van der Waals surface area (Å²) in [7, 11) is 0. The molecule has 1 heterocycles. The minimum absolute atomic E-state index is 0.791. The van der Waals surface area contributed by atoms with Gasteiger partial charge in [0.15, 0.2) is 0 Å². The fourth-order valence-electron chi connectivity index (χ4n) is 1.86. The van der Waals surface area contributed by atoms with Crippen molar-refractivity contribution >= 4 is 33.0 Å². The number of nitrogen functional groups attached to an aromatic ring is 1. The number of halogens is 1. The molecule has 0 atom stereocenters. The van der Waals surface area contributed by atoms with Gasteiger partial charge in [-0.3, -0.25) is 0 Å². The van der Waals surface area contributed by atoms with Gasteiger partial charge in [0.05, 0.1) is 0 Å². The molecule has 2 rings (SSSR count). The van der Waals surface area contributed by atoms with Crippen LogP contribution in [0.4, 0.5) is 5.69 Å². The molecule has 0 amide bonds. The molecule has 0 saturated heterocycles. The van der Waals surface area contributed by atoms with Crippen molar-refractivity contribution in [3.63, 3.8) is 0 Å². The standard InChI is InChI=1S/C14H17BrN2S/c1-2-11-5-6-18-14(11)9-17-8-10-3-4-12(15)13(16)7-10/h3-7,17H,2,8-9,16H2,1H3. The van der Waals surface area contributed by atoms with Gasteiger partial charge in [0.25, 0.3) is 0 Å². The third-order valence-corrected chi connectivity index (χ3v) is 4.58. The summed E-state index contributed by atoms with van der Waals surface area (Å²) in [4.78, 5) is 1.43. The van der Waals surface area contributed by atoms with Gasteiger partial charge < -0.3 is 11.1 Å². The van der Waals surface area contributed by atoms with Crippen molar-refractivity contribution in [2.75, 3.05) is 5.73 Å². The zero-order valence-electron chi connectivity index (χ0n) is 10.4. The molecule has 1 aromatic heterocycles. The summed E-state index contributed by atoms with van der Waals surface area (Å²) in [6.07, 6.45) is 1.10. The molecule has 1 aromatic carbocycles. The molecular weight excluding hydrogens is 308 g/mol. The monoisotopic (exact) mass is 324 g/mol. The molecular formula is C14H17BrN2S. The van der Waals surface area contributed by atoms with E-state index in [-0.39, 0.29) is 0 Å². The number of rotatable bonds is 5. The van der Waals surface area contributed by atoms with E-state index in [9.17, 15) is 0 Å². The molecule has 18 heavy (non-hydrogen) atoms. The molecule has 96 valence electrons. The predicted molar refractivity (Wildman–Crippen MR) is 82.8 cm³/mol. The lowest BCUT2D eigenvalue weighted by molar-refractivity contribution is 0.697. The SMILES string of the molecule is CCc1ccsc1CNCc1ccc(Br)c(N)c1. The molecule has 0 aliphatic heterocycles. The Labute approximate surface area is 120 Å². The van der Waals surface area contributed by atoms with Crippen LogP contribution in [0.2, 0.25) is 0 Å². The van der Waals surface area contributed by atoms with E-state index in [4.69, 9.17) is 5.73 Å². The summed E-state index contributed by atoms with van der Waals surface area (Å²) in [6, 6.07) is 8.29. The minimum atomic E-state index is 0.791. The molecule has 0 saturated carbocycles. The highest BCUT2D eigenvalue weighted by Gasteiger charge is 2.02. The third-order valence-electron chi connectivity index (χ3n) is 2.89. The zero-order valence-corrected chi connectivity index (χ0v) is 12.8. The second-order valence-corrected chi connectivity index (χ2v) is 6.04. The van der Waals surface area contributed by atoms with E-state index in [0.717, 1.165) is 29.7 Å². The lowest BCUT2D eigenvalue weighted by Crippen LogP contribution is -2.12. The van der Waals surface area contributed by atoms with Crippen LogP contribution in [0.15, 0.2) is 34.1 Å². The maximum Gasteiger partial charge on any atom is 0.0461 e. The van der Waals surface area contributed by atoms with Crippen LogP contribution < -0.4 is 11.1 Å². The molecule has 0 fully saturated rings. The van der Waals surface area contributed by atoms with E-state index >= 15 is 0 Å². The lowest BCUT2D eigenvalue weighted by Gasteiger charge is -2.07. The van der Waals surface area contributed by atoms with E-state index in [2.05, 4.69) is 45.7 Å². The van der Waals surface area contributed by atoms with Crippen molar-refractivity contribution in [1.82, 2.24) is 5.32 Å². The smallest absolute Gasteiger partial charge is 0.0461 e. The molecule has 0 radical (unpaired) electrons. The maximum atomic E-state index is 5.86. The highest BCUT2D eigenvalue weighted by molar-refractivity contribution is 9.10. The van der Waals surface area contributed by atoms with Gasteiger partial charge >= 0.3 is 0 Å². The normalized spacial score (nSPS) is 10.8. The zero-order chi connectivity index (χ0) is 13.0. The Kier molecular flexibility index (Phi) is 4.80. The van der Waals surface area contributed by atoms with E-state index in [1.54, 1.807) is 0 Å². The van der Waals surface area contributed by atoms with Crippen molar-refractivity contribution in [3.8, 4) is 0 Å².